The molecule has 164 valence electrons. The van der Waals surface area contributed by atoms with Gasteiger partial charge in [-0.3, -0.25) is 9.59 Å². The molecule has 0 aliphatic rings. The molecule has 5 rings (SSSR count). The molecular weight excluding hydrogens is 420 g/mol. The predicted octanol–water partition coefficient (Wildman–Crippen LogP) is 4.92. The Morgan fingerprint density at radius 3 is 1.97 bits per heavy atom. The molecule has 0 aliphatic carbocycles. The van der Waals surface area contributed by atoms with Gasteiger partial charge < -0.3 is 13.9 Å². The fraction of sp³-hybridized carbons (Fsp3) is 0.0769. The van der Waals surface area contributed by atoms with Gasteiger partial charge in [-0.25, -0.2) is 9.36 Å². The summed E-state index contributed by atoms with van der Waals surface area (Å²) in [5.74, 6) is -0.808. The summed E-state index contributed by atoms with van der Waals surface area (Å²) in [5.41, 5.74) is 0.787. The lowest BCUT2D eigenvalue weighted by molar-refractivity contribution is 0.0947. The predicted molar refractivity (Wildman–Crippen MR) is 121 cm³/mol. The van der Waals surface area contributed by atoms with E-state index < -0.39 is 11.5 Å². The van der Waals surface area contributed by atoms with E-state index in [0.29, 0.717) is 17.1 Å². The standard InChI is InChI=1S/C26H20N2O5/c29-21(23-14-8-16-33-23)17-20(22-13-7-15-32-22)24-25(30)27(18-9-3-1-4-10-18)28(26(24)31)19-11-5-2-6-12-19/h1-16,20,30H,17H2. The van der Waals surface area contributed by atoms with Crippen LogP contribution in [0.1, 0.15) is 34.2 Å². The highest BCUT2D eigenvalue weighted by Gasteiger charge is 2.33. The fourth-order valence-corrected chi connectivity index (χ4v) is 3.98. The number of Topliss-reactive ketones (excluding diaryl/α,β-unsaturated/α-hetero) is 1. The highest BCUT2D eigenvalue weighted by molar-refractivity contribution is 5.94. The lowest BCUT2D eigenvalue weighted by Crippen LogP contribution is -2.23. The lowest BCUT2D eigenvalue weighted by Gasteiger charge is -2.13. The SMILES string of the molecule is O=C(CC(c1ccco1)c1c(O)n(-c2ccccc2)n(-c2ccccc2)c1=O)c1ccco1. The summed E-state index contributed by atoms with van der Waals surface area (Å²) < 4.78 is 13.7. The maximum atomic E-state index is 13.8. The summed E-state index contributed by atoms with van der Waals surface area (Å²) in [5, 5.41) is 11.4. The number of carbonyl (C=O) groups is 1. The number of nitrogens with zero attached hydrogens (tertiary/aromatic N) is 2. The van der Waals surface area contributed by atoms with Crippen LogP contribution >= 0.6 is 0 Å². The first-order chi connectivity index (χ1) is 16.1. The molecule has 0 saturated heterocycles. The van der Waals surface area contributed by atoms with E-state index in [-0.39, 0.29) is 29.4 Å². The van der Waals surface area contributed by atoms with Crippen LogP contribution in [0.5, 0.6) is 5.88 Å². The van der Waals surface area contributed by atoms with Crippen LogP contribution in [0.15, 0.2) is 111 Å². The van der Waals surface area contributed by atoms with E-state index in [4.69, 9.17) is 8.83 Å². The van der Waals surface area contributed by atoms with E-state index in [1.807, 2.05) is 36.4 Å². The van der Waals surface area contributed by atoms with Crippen LogP contribution in [0.3, 0.4) is 0 Å². The minimum absolute atomic E-state index is 0.0672. The van der Waals surface area contributed by atoms with Crippen LogP contribution in [-0.2, 0) is 0 Å². The van der Waals surface area contributed by atoms with Gasteiger partial charge in [-0.15, -0.1) is 0 Å². The van der Waals surface area contributed by atoms with E-state index in [2.05, 4.69) is 0 Å². The maximum absolute atomic E-state index is 13.8. The molecule has 0 saturated carbocycles. The number of rotatable bonds is 7. The number of furan rings is 2. The van der Waals surface area contributed by atoms with Gasteiger partial charge in [0.1, 0.15) is 5.76 Å². The van der Waals surface area contributed by atoms with Crippen molar-refractivity contribution >= 4 is 5.78 Å². The Balaban J connectivity index is 1.73. The summed E-state index contributed by atoms with van der Waals surface area (Å²) in [6.45, 7) is 0. The molecule has 1 unspecified atom stereocenters. The summed E-state index contributed by atoms with van der Waals surface area (Å²) in [7, 11) is 0. The smallest absolute Gasteiger partial charge is 0.279 e. The van der Waals surface area contributed by atoms with Crippen LogP contribution in [0.2, 0.25) is 0 Å². The van der Waals surface area contributed by atoms with Crippen molar-refractivity contribution < 1.29 is 18.7 Å². The summed E-state index contributed by atoms with van der Waals surface area (Å²) >= 11 is 0. The van der Waals surface area contributed by atoms with Gasteiger partial charge in [0.25, 0.3) is 5.56 Å². The maximum Gasteiger partial charge on any atom is 0.279 e. The second-order valence-electron chi connectivity index (χ2n) is 7.51. The van der Waals surface area contributed by atoms with Crippen molar-refractivity contribution in [1.29, 1.82) is 0 Å². The van der Waals surface area contributed by atoms with Gasteiger partial charge in [0.15, 0.2) is 11.5 Å². The molecule has 0 bridgehead atoms. The van der Waals surface area contributed by atoms with Gasteiger partial charge in [-0.1, -0.05) is 36.4 Å². The molecule has 33 heavy (non-hydrogen) atoms. The van der Waals surface area contributed by atoms with Crippen LogP contribution in [0.4, 0.5) is 0 Å². The van der Waals surface area contributed by atoms with Crippen molar-refractivity contribution in [2.45, 2.75) is 12.3 Å². The van der Waals surface area contributed by atoms with Gasteiger partial charge in [0.2, 0.25) is 5.88 Å². The van der Waals surface area contributed by atoms with Gasteiger partial charge in [0, 0.05) is 6.42 Å². The number of ketones is 1. The zero-order valence-corrected chi connectivity index (χ0v) is 17.5. The number of aromatic hydroxyl groups is 1. The Hall–Kier alpha value is -4.52. The van der Waals surface area contributed by atoms with E-state index in [1.54, 1.807) is 48.5 Å². The summed E-state index contributed by atoms with van der Waals surface area (Å²) in [6.07, 6.45) is 2.78. The minimum atomic E-state index is -0.815. The number of benzene rings is 2. The quantitative estimate of drug-likeness (QED) is 0.363. The monoisotopic (exact) mass is 440 g/mol. The number of hydrogen-bond acceptors (Lipinski definition) is 5. The third kappa shape index (κ3) is 3.70. The molecule has 0 radical (unpaired) electrons. The topological polar surface area (TPSA) is 90.5 Å². The van der Waals surface area contributed by atoms with Crippen molar-refractivity contribution in [2.24, 2.45) is 0 Å². The van der Waals surface area contributed by atoms with Crippen LogP contribution < -0.4 is 5.56 Å². The average Bonchev–Trinajstić information content (AvgIpc) is 3.61. The first kappa shape index (κ1) is 20.4. The van der Waals surface area contributed by atoms with Crippen LogP contribution in [0.25, 0.3) is 11.4 Å². The Kier molecular flexibility index (Phi) is 5.28. The van der Waals surface area contributed by atoms with Gasteiger partial charge in [0.05, 0.1) is 35.4 Å². The third-order valence-electron chi connectivity index (χ3n) is 5.49. The van der Waals surface area contributed by atoms with Crippen molar-refractivity contribution in [3.8, 4) is 17.3 Å². The third-order valence-corrected chi connectivity index (χ3v) is 5.49. The summed E-state index contributed by atoms with van der Waals surface area (Å²) in [4.78, 5) is 26.7. The van der Waals surface area contributed by atoms with E-state index in [0.717, 1.165) is 0 Å². The molecular formula is C26H20N2O5. The molecule has 3 aromatic heterocycles. The normalized spacial score (nSPS) is 12.0. The van der Waals surface area contributed by atoms with Crippen molar-refractivity contribution in [1.82, 2.24) is 9.36 Å². The Bertz CT molecular complexity index is 1410. The molecule has 0 aliphatic heterocycles. The number of carbonyl (C=O) groups excluding carboxylic acids is 1. The van der Waals surface area contributed by atoms with Gasteiger partial charge >= 0.3 is 0 Å². The number of hydrogen-bond donors (Lipinski definition) is 1. The molecule has 1 N–H and O–H groups in total. The molecule has 0 spiro atoms. The largest absolute Gasteiger partial charge is 0.493 e. The molecule has 0 fully saturated rings. The first-order valence-corrected chi connectivity index (χ1v) is 10.4. The average molecular weight is 440 g/mol. The van der Waals surface area contributed by atoms with E-state index >= 15 is 0 Å². The van der Waals surface area contributed by atoms with Crippen LogP contribution in [0, 0.1) is 0 Å². The Morgan fingerprint density at radius 1 is 0.788 bits per heavy atom. The molecule has 3 heterocycles. The van der Waals surface area contributed by atoms with Crippen molar-refractivity contribution in [3.63, 3.8) is 0 Å². The second kappa shape index (κ2) is 8.55. The molecule has 0 amide bonds. The number of para-hydroxylation sites is 2. The zero-order chi connectivity index (χ0) is 22.8. The van der Waals surface area contributed by atoms with Crippen LogP contribution in [-0.4, -0.2) is 20.3 Å². The minimum Gasteiger partial charge on any atom is -0.493 e. The molecule has 7 nitrogen and oxygen atoms in total. The number of aromatic nitrogens is 2. The van der Waals surface area contributed by atoms with Crippen molar-refractivity contribution in [2.75, 3.05) is 0 Å². The Morgan fingerprint density at radius 2 is 1.39 bits per heavy atom. The van der Waals surface area contributed by atoms with E-state index in [1.165, 1.54) is 21.9 Å². The molecule has 5 aromatic rings. The summed E-state index contributed by atoms with van der Waals surface area (Å²) in [6, 6.07) is 24.7. The zero-order valence-electron chi connectivity index (χ0n) is 17.5. The highest BCUT2D eigenvalue weighted by atomic mass is 16.3. The molecule has 2 aromatic carbocycles. The molecule has 7 heteroatoms. The van der Waals surface area contributed by atoms with Gasteiger partial charge in [-0.2, -0.15) is 0 Å². The van der Waals surface area contributed by atoms with Gasteiger partial charge in [-0.05, 0) is 48.5 Å². The Labute approximate surface area is 188 Å². The second-order valence-corrected chi connectivity index (χ2v) is 7.51. The first-order valence-electron chi connectivity index (χ1n) is 10.4. The lowest BCUT2D eigenvalue weighted by atomic mass is 9.92. The highest BCUT2D eigenvalue weighted by Crippen LogP contribution is 2.35. The fourth-order valence-electron chi connectivity index (χ4n) is 3.98. The van der Waals surface area contributed by atoms with E-state index in [9.17, 15) is 14.7 Å². The van der Waals surface area contributed by atoms with Crippen molar-refractivity contribution in [3.05, 3.63) is 125 Å². The molecule has 1 atom stereocenters.